The van der Waals surface area contributed by atoms with Crippen molar-refractivity contribution in [3.05, 3.63) is 59.7 Å². The van der Waals surface area contributed by atoms with Gasteiger partial charge >= 0.3 is 0 Å². The molecule has 29 heavy (non-hydrogen) atoms. The maximum absolute atomic E-state index is 13.4. The van der Waals surface area contributed by atoms with Gasteiger partial charge in [-0.05, 0) is 38.1 Å². The third-order valence-corrected chi connectivity index (χ3v) is 10.0. The van der Waals surface area contributed by atoms with Gasteiger partial charge in [0.1, 0.15) is 5.71 Å². The molecule has 0 radical (unpaired) electrons. The Balaban J connectivity index is 2.77. The number of aryl methyl sites for hydroxylation is 2. The van der Waals surface area contributed by atoms with Gasteiger partial charge in [0.15, 0.2) is 30.0 Å². The van der Waals surface area contributed by atoms with Gasteiger partial charge in [-0.1, -0.05) is 47.5 Å². The predicted molar refractivity (Wildman–Crippen MR) is 110 cm³/mol. The fourth-order valence-electron chi connectivity index (χ4n) is 3.04. The Labute approximate surface area is 170 Å². The van der Waals surface area contributed by atoms with Crippen LogP contribution < -0.4 is 0 Å². The average Bonchev–Trinajstić information content (AvgIpc) is 2.62. The Morgan fingerprint density at radius 3 is 1.45 bits per heavy atom. The second kappa shape index (κ2) is 8.46. The number of oxime groups is 1. The van der Waals surface area contributed by atoms with Gasteiger partial charge in [0.05, 0.1) is 9.79 Å². The van der Waals surface area contributed by atoms with Crippen molar-refractivity contribution in [2.24, 2.45) is 11.1 Å². The minimum absolute atomic E-state index is 0.198. The average molecular weight is 438 g/mol. The zero-order valence-electron chi connectivity index (χ0n) is 16.5. The van der Waals surface area contributed by atoms with E-state index in [-0.39, 0.29) is 9.79 Å². The van der Waals surface area contributed by atoms with Crippen molar-refractivity contribution < 1.29 is 26.8 Å². The number of carbonyl (C=O) groups excluding carboxylic acids is 1. The largest absolute Gasteiger partial charge is 0.411 e. The highest BCUT2D eigenvalue weighted by Crippen LogP contribution is 2.32. The van der Waals surface area contributed by atoms with Crippen LogP contribution in [0.4, 0.5) is 0 Å². The summed E-state index contributed by atoms with van der Waals surface area (Å²) in [6, 6.07) is 11.5. The fraction of sp³-hybridized carbons (Fsp3) is 0.300. The van der Waals surface area contributed by atoms with E-state index in [1.54, 1.807) is 38.1 Å². The van der Waals surface area contributed by atoms with Gasteiger partial charge in [-0.2, -0.15) is 0 Å². The van der Waals surface area contributed by atoms with Crippen LogP contribution >= 0.6 is 0 Å². The van der Waals surface area contributed by atoms with Crippen LogP contribution in [0.2, 0.25) is 0 Å². The summed E-state index contributed by atoms with van der Waals surface area (Å²) in [5.41, 5.74) is 1.08. The number of hydrogen-bond donors (Lipinski definition) is 1. The molecular weight excluding hydrogens is 414 g/mol. The molecule has 0 aliphatic carbocycles. The Hall–Kier alpha value is -2.52. The molecule has 0 fully saturated rings. The Morgan fingerprint density at radius 1 is 0.828 bits per heavy atom. The molecule has 0 aromatic heterocycles. The zero-order chi connectivity index (χ0) is 22.0. The monoisotopic (exact) mass is 437 g/mol. The van der Waals surface area contributed by atoms with E-state index in [1.165, 1.54) is 31.2 Å². The molecular formula is C20H23NO6S2. The second-order valence-electron chi connectivity index (χ2n) is 6.91. The van der Waals surface area contributed by atoms with Crippen molar-refractivity contribution in [3.63, 3.8) is 0 Å². The van der Waals surface area contributed by atoms with Gasteiger partial charge in [-0.25, -0.2) is 16.8 Å². The number of sulfone groups is 2. The molecule has 1 unspecified atom stereocenters. The quantitative estimate of drug-likeness (QED) is 0.404. The number of carbonyl (C=O) groups is 1. The van der Waals surface area contributed by atoms with Crippen molar-refractivity contribution in [1.29, 1.82) is 0 Å². The molecule has 0 amide bonds. The number of nitrogens with zero attached hydrogens (tertiary/aromatic N) is 1. The van der Waals surface area contributed by atoms with Crippen LogP contribution in [0.1, 0.15) is 25.0 Å². The van der Waals surface area contributed by atoms with Gasteiger partial charge in [-0.3, -0.25) is 4.79 Å². The number of benzene rings is 2. The molecule has 7 nitrogen and oxygen atoms in total. The lowest BCUT2D eigenvalue weighted by atomic mass is 10.1. The summed E-state index contributed by atoms with van der Waals surface area (Å²) < 4.78 is 51.5. The van der Waals surface area contributed by atoms with Crippen molar-refractivity contribution >= 4 is 31.2 Å². The minimum atomic E-state index is -4.45. The second-order valence-corrected chi connectivity index (χ2v) is 11.4. The Morgan fingerprint density at radius 2 is 1.17 bits per heavy atom. The van der Waals surface area contributed by atoms with Crippen molar-refractivity contribution in [2.45, 2.75) is 42.1 Å². The summed E-state index contributed by atoms with van der Waals surface area (Å²) in [6.07, 6.45) is 0. The highest BCUT2D eigenvalue weighted by Gasteiger charge is 2.46. The van der Waals surface area contributed by atoms with Crippen molar-refractivity contribution in [3.8, 4) is 0 Å². The molecule has 0 aliphatic rings. The molecule has 2 rings (SSSR count). The van der Waals surface area contributed by atoms with E-state index in [0.29, 0.717) is 0 Å². The molecule has 0 bridgehead atoms. The highest BCUT2D eigenvalue weighted by molar-refractivity contribution is 8.09. The van der Waals surface area contributed by atoms with Gasteiger partial charge in [0.2, 0.25) is 0 Å². The number of Topliss-reactive ketones (excluding diaryl/α,β-unsaturated/α-hetero) is 1. The zero-order valence-corrected chi connectivity index (χ0v) is 18.2. The first-order valence-electron chi connectivity index (χ1n) is 8.77. The summed E-state index contributed by atoms with van der Waals surface area (Å²) >= 11 is 0. The van der Waals surface area contributed by atoms with Crippen LogP contribution in [0, 0.1) is 19.8 Å². The first-order valence-corrected chi connectivity index (χ1v) is 11.9. The SMILES string of the molecule is CC(=O)C(=NO)C(C)C(S(=O)(=O)c1ccc(C)cc1)S(=O)(=O)c1ccc(C)cc1. The first kappa shape index (κ1) is 22.8. The first-order chi connectivity index (χ1) is 13.4. The lowest BCUT2D eigenvalue weighted by Crippen LogP contribution is -2.41. The fourth-order valence-corrected chi connectivity index (χ4v) is 7.94. The summed E-state index contributed by atoms with van der Waals surface area (Å²) in [5, 5.41) is 12.1. The number of rotatable bonds is 7. The lowest BCUT2D eigenvalue weighted by Gasteiger charge is -2.24. The summed E-state index contributed by atoms with van der Waals surface area (Å²) in [7, 11) is -8.91. The van der Waals surface area contributed by atoms with Crippen LogP contribution in [0.25, 0.3) is 0 Å². The smallest absolute Gasteiger partial charge is 0.196 e. The molecule has 0 heterocycles. The predicted octanol–water partition coefficient (Wildman–Crippen LogP) is 2.93. The Kier molecular flexibility index (Phi) is 6.64. The third kappa shape index (κ3) is 4.56. The van der Waals surface area contributed by atoms with Gasteiger partial charge in [0.25, 0.3) is 0 Å². The normalized spacial score (nSPS) is 14.0. The van der Waals surface area contributed by atoms with E-state index >= 15 is 0 Å². The van der Waals surface area contributed by atoms with Crippen LogP contribution in [-0.2, 0) is 24.5 Å². The molecule has 0 aliphatic heterocycles. The maximum Gasteiger partial charge on any atom is 0.196 e. The van der Waals surface area contributed by atoms with Crippen LogP contribution in [-0.4, -0.2) is 38.1 Å². The maximum atomic E-state index is 13.4. The molecule has 0 spiro atoms. The molecule has 0 saturated carbocycles. The van der Waals surface area contributed by atoms with Gasteiger partial charge in [-0.15, -0.1) is 0 Å². The van der Waals surface area contributed by atoms with E-state index in [4.69, 9.17) is 0 Å². The third-order valence-electron chi connectivity index (χ3n) is 4.62. The van der Waals surface area contributed by atoms with Gasteiger partial charge in [0, 0.05) is 12.8 Å². The lowest BCUT2D eigenvalue weighted by molar-refractivity contribution is -0.111. The van der Waals surface area contributed by atoms with E-state index < -0.39 is 41.7 Å². The molecule has 0 saturated heterocycles. The molecule has 156 valence electrons. The highest BCUT2D eigenvalue weighted by atomic mass is 32.3. The van der Waals surface area contributed by atoms with E-state index in [1.807, 2.05) is 0 Å². The van der Waals surface area contributed by atoms with Crippen LogP contribution in [0.3, 0.4) is 0 Å². The van der Waals surface area contributed by atoms with Crippen LogP contribution in [0.15, 0.2) is 63.5 Å². The summed E-state index contributed by atoms with van der Waals surface area (Å²) in [4.78, 5) is 11.5. The Bertz CT molecular complexity index is 1060. The van der Waals surface area contributed by atoms with E-state index in [0.717, 1.165) is 18.1 Å². The summed E-state index contributed by atoms with van der Waals surface area (Å²) in [5.74, 6) is -2.13. The molecule has 2 aromatic rings. The van der Waals surface area contributed by atoms with E-state index in [2.05, 4.69) is 5.16 Å². The number of ketones is 1. The molecule has 9 heteroatoms. The molecule has 2 aromatic carbocycles. The van der Waals surface area contributed by atoms with Crippen molar-refractivity contribution in [1.82, 2.24) is 0 Å². The topological polar surface area (TPSA) is 118 Å². The summed E-state index contributed by atoms with van der Waals surface area (Å²) in [6.45, 7) is 5.87. The van der Waals surface area contributed by atoms with E-state index in [9.17, 15) is 26.8 Å². The molecule has 1 N–H and O–H groups in total. The number of hydrogen-bond acceptors (Lipinski definition) is 7. The van der Waals surface area contributed by atoms with Gasteiger partial charge < -0.3 is 5.21 Å². The minimum Gasteiger partial charge on any atom is -0.411 e. The van der Waals surface area contributed by atoms with Crippen LogP contribution in [0.5, 0.6) is 0 Å². The van der Waals surface area contributed by atoms with Crippen molar-refractivity contribution in [2.75, 3.05) is 0 Å². The molecule has 1 atom stereocenters. The standard InChI is InChI=1S/C20H23NO6S2/c1-13-5-9-17(10-6-13)28(24,25)20(15(3)19(21-23)16(4)22)29(26,27)18-11-7-14(2)8-12-18/h5-12,15,20,23H,1-4H3.